The SMILES string of the molecule is COc1ccc(C)cc1C1(CNC(C)C(=O)NCc2ccc(F)cc2)CCOCC1. The van der Waals surface area contributed by atoms with Crippen LogP contribution in [0.4, 0.5) is 4.39 Å². The Bertz CT molecular complexity index is 848. The van der Waals surface area contributed by atoms with Crippen LogP contribution in [0.3, 0.4) is 0 Å². The van der Waals surface area contributed by atoms with Crippen LogP contribution in [-0.2, 0) is 21.5 Å². The van der Waals surface area contributed by atoms with Crippen LogP contribution in [0.15, 0.2) is 42.5 Å². The third-order valence-corrected chi connectivity index (χ3v) is 5.90. The molecule has 0 saturated carbocycles. The molecular weight excluding hydrogens is 383 g/mol. The van der Waals surface area contributed by atoms with Crippen LogP contribution in [0, 0.1) is 12.7 Å². The average molecular weight is 415 g/mol. The van der Waals surface area contributed by atoms with Gasteiger partial charge in [-0.25, -0.2) is 4.39 Å². The van der Waals surface area contributed by atoms with E-state index in [2.05, 4.69) is 23.6 Å². The summed E-state index contributed by atoms with van der Waals surface area (Å²) in [5.74, 6) is 0.504. The molecule has 1 fully saturated rings. The van der Waals surface area contributed by atoms with Crippen LogP contribution in [-0.4, -0.2) is 38.8 Å². The Morgan fingerprint density at radius 2 is 1.90 bits per heavy atom. The summed E-state index contributed by atoms with van der Waals surface area (Å²) < 4.78 is 24.3. The first kappa shape index (κ1) is 22.2. The molecule has 0 spiro atoms. The van der Waals surface area contributed by atoms with Gasteiger partial charge < -0.3 is 20.1 Å². The van der Waals surface area contributed by atoms with E-state index in [1.807, 2.05) is 19.1 Å². The number of nitrogens with one attached hydrogen (secondary N) is 2. The Hall–Kier alpha value is -2.44. The van der Waals surface area contributed by atoms with Gasteiger partial charge in [0.05, 0.1) is 13.2 Å². The smallest absolute Gasteiger partial charge is 0.237 e. The van der Waals surface area contributed by atoms with Gasteiger partial charge in [0, 0.05) is 37.3 Å². The molecule has 0 aromatic heterocycles. The summed E-state index contributed by atoms with van der Waals surface area (Å²) >= 11 is 0. The van der Waals surface area contributed by atoms with E-state index in [4.69, 9.17) is 9.47 Å². The summed E-state index contributed by atoms with van der Waals surface area (Å²) in [4.78, 5) is 12.6. The molecule has 2 aromatic rings. The minimum absolute atomic E-state index is 0.0854. The van der Waals surface area contributed by atoms with Gasteiger partial charge in [0.1, 0.15) is 11.6 Å². The molecule has 1 unspecified atom stereocenters. The van der Waals surface area contributed by atoms with Crippen molar-refractivity contribution in [2.75, 3.05) is 26.9 Å². The molecule has 3 rings (SSSR count). The largest absolute Gasteiger partial charge is 0.496 e. The van der Waals surface area contributed by atoms with Gasteiger partial charge in [-0.1, -0.05) is 29.8 Å². The summed E-state index contributed by atoms with van der Waals surface area (Å²) in [6.45, 7) is 6.33. The molecule has 0 bridgehead atoms. The van der Waals surface area contributed by atoms with Crippen LogP contribution in [0.5, 0.6) is 5.75 Å². The second-order valence-electron chi connectivity index (χ2n) is 8.04. The first-order valence-corrected chi connectivity index (χ1v) is 10.4. The molecule has 1 atom stereocenters. The van der Waals surface area contributed by atoms with E-state index in [0.717, 1.165) is 24.2 Å². The van der Waals surface area contributed by atoms with E-state index in [1.54, 1.807) is 19.2 Å². The lowest BCUT2D eigenvalue weighted by Crippen LogP contribution is -2.49. The number of halogens is 1. The number of aryl methyl sites for hydroxylation is 1. The second-order valence-corrected chi connectivity index (χ2v) is 8.04. The van der Waals surface area contributed by atoms with Gasteiger partial charge >= 0.3 is 0 Å². The first-order valence-electron chi connectivity index (χ1n) is 10.4. The third kappa shape index (κ3) is 5.37. The lowest BCUT2D eigenvalue weighted by Gasteiger charge is -2.39. The zero-order chi connectivity index (χ0) is 21.6. The lowest BCUT2D eigenvalue weighted by atomic mass is 9.73. The van der Waals surface area contributed by atoms with Crippen molar-refractivity contribution in [3.05, 3.63) is 65.0 Å². The molecule has 1 aliphatic rings. The zero-order valence-electron chi connectivity index (χ0n) is 18.0. The number of rotatable bonds is 8. The van der Waals surface area contributed by atoms with E-state index in [9.17, 15) is 9.18 Å². The number of methoxy groups -OCH3 is 1. The summed E-state index contributed by atoms with van der Waals surface area (Å²) in [6, 6.07) is 12.0. The molecule has 162 valence electrons. The minimum atomic E-state index is -0.360. The van der Waals surface area contributed by atoms with Crippen molar-refractivity contribution in [2.45, 2.75) is 44.7 Å². The highest BCUT2D eigenvalue weighted by molar-refractivity contribution is 5.81. The predicted molar refractivity (Wildman–Crippen MR) is 115 cm³/mol. The van der Waals surface area contributed by atoms with Gasteiger partial charge in [0.25, 0.3) is 0 Å². The monoisotopic (exact) mass is 414 g/mol. The third-order valence-electron chi connectivity index (χ3n) is 5.90. The maximum Gasteiger partial charge on any atom is 0.237 e. The van der Waals surface area contributed by atoms with E-state index >= 15 is 0 Å². The summed E-state index contributed by atoms with van der Waals surface area (Å²) in [7, 11) is 1.69. The Morgan fingerprint density at radius 1 is 1.20 bits per heavy atom. The molecule has 6 heteroatoms. The van der Waals surface area contributed by atoms with Crippen LogP contribution in [0.1, 0.15) is 36.5 Å². The molecule has 1 amide bonds. The number of hydrogen-bond donors (Lipinski definition) is 2. The highest BCUT2D eigenvalue weighted by atomic mass is 19.1. The van der Waals surface area contributed by atoms with Crippen LogP contribution >= 0.6 is 0 Å². The van der Waals surface area contributed by atoms with E-state index < -0.39 is 0 Å². The van der Waals surface area contributed by atoms with Crippen LogP contribution in [0.25, 0.3) is 0 Å². The maximum atomic E-state index is 13.0. The molecule has 5 nitrogen and oxygen atoms in total. The Morgan fingerprint density at radius 3 is 2.57 bits per heavy atom. The van der Waals surface area contributed by atoms with Crippen molar-refractivity contribution in [1.82, 2.24) is 10.6 Å². The van der Waals surface area contributed by atoms with Crippen LogP contribution in [0.2, 0.25) is 0 Å². The fourth-order valence-corrected chi connectivity index (χ4v) is 3.93. The fraction of sp³-hybridized carbons (Fsp3) is 0.458. The minimum Gasteiger partial charge on any atom is -0.496 e. The van der Waals surface area contributed by atoms with E-state index in [1.165, 1.54) is 23.3 Å². The Balaban J connectivity index is 1.66. The van der Waals surface area contributed by atoms with Gasteiger partial charge in [-0.3, -0.25) is 4.79 Å². The van der Waals surface area contributed by atoms with Gasteiger partial charge in [-0.2, -0.15) is 0 Å². The highest BCUT2D eigenvalue weighted by Crippen LogP contribution is 2.40. The van der Waals surface area contributed by atoms with Crippen molar-refractivity contribution >= 4 is 5.91 Å². The average Bonchev–Trinajstić information content (AvgIpc) is 2.77. The number of amides is 1. The van der Waals surface area contributed by atoms with Crippen molar-refractivity contribution in [1.29, 1.82) is 0 Å². The quantitative estimate of drug-likeness (QED) is 0.694. The molecule has 1 heterocycles. The number of benzene rings is 2. The zero-order valence-corrected chi connectivity index (χ0v) is 18.0. The normalized spacial score (nSPS) is 16.7. The maximum absolute atomic E-state index is 13.0. The van der Waals surface area contributed by atoms with Crippen molar-refractivity contribution in [3.8, 4) is 5.75 Å². The predicted octanol–water partition coefficient (Wildman–Crippen LogP) is 3.49. The van der Waals surface area contributed by atoms with E-state index in [-0.39, 0.29) is 23.2 Å². The molecule has 0 radical (unpaired) electrons. The molecular formula is C24H31FN2O3. The molecule has 0 aliphatic carbocycles. The lowest BCUT2D eigenvalue weighted by molar-refractivity contribution is -0.123. The van der Waals surface area contributed by atoms with Crippen molar-refractivity contribution in [3.63, 3.8) is 0 Å². The molecule has 2 aromatic carbocycles. The van der Waals surface area contributed by atoms with Gasteiger partial charge in [0.15, 0.2) is 0 Å². The first-order chi connectivity index (χ1) is 14.4. The van der Waals surface area contributed by atoms with Gasteiger partial charge in [0.2, 0.25) is 5.91 Å². The summed E-state index contributed by atoms with van der Waals surface area (Å²) in [5.41, 5.74) is 3.06. The summed E-state index contributed by atoms with van der Waals surface area (Å²) in [5, 5.41) is 6.34. The Kier molecular flexibility index (Phi) is 7.45. The molecule has 2 N–H and O–H groups in total. The number of hydrogen-bond acceptors (Lipinski definition) is 4. The van der Waals surface area contributed by atoms with E-state index in [0.29, 0.717) is 26.3 Å². The number of carbonyl (C=O) groups is 1. The highest BCUT2D eigenvalue weighted by Gasteiger charge is 2.37. The second kappa shape index (κ2) is 10.0. The number of carbonyl (C=O) groups excluding carboxylic acids is 1. The number of ether oxygens (including phenoxy) is 2. The Labute approximate surface area is 178 Å². The molecule has 1 aliphatic heterocycles. The standard InChI is InChI=1S/C24H31FN2O3/c1-17-4-9-22(29-3)21(14-17)24(10-12-30-13-11-24)16-27-18(2)23(28)26-15-19-5-7-20(25)8-6-19/h4-9,14,18,27H,10-13,15-16H2,1-3H3,(H,26,28). The van der Waals surface area contributed by atoms with Crippen LogP contribution < -0.4 is 15.4 Å². The molecule has 1 saturated heterocycles. The topological polar surface area (TPSA) is 59.6 Å². The van der Waals surface area contributed by atoms with Gasteiger partial charge in [-0.15, -0.1) is 0 Å². The summed E-state index contributed by atoms with van der Waals surface area (Å²) in [6.07, 6.45) is 1.73. The fourth-order valence-electron chi connectivity index (χ4n) is 3.93. The van der Waals surface area contributed by atoms with Crippen molar-refractivity contribution < 1.29 is 18.7 Å². The van der Waals surface area contributed by atoms with Crippen molar-refractivity contribution in [2.24, 2.45) is 0 Å². The molecule has 30 heavy (non-hydrogen) atoms. The van der Waals surface area contributed by atoms with Gasteiger partial charge in [-0.05, 0) is 50.5 Å².